The lowest BCUT2D eigenvalue weighted by Gasteiger charge is -2.39. The number of thioether (sulfide) groups is 1. The van der Waals surface area contributed by atoms with Crippen molar-refractivity contribution in [3.8, 4) is 11.8 Å². The highest BCUT2D eigenvalue weighted by atomic mass is 32.2. The van der Waals surface area contributed by atoms with Crippen LogP contribution in [0.5, 0.6) is 5.75 Å². The molecule has 1 aromatic rings. The number of rotatable bonds is 5. The Morgan fingerprint density at radius 2 is 1.74 bits per heavy atom. The molecular formula is C17H18N2O7S. The number of ether oxygens (including phenoxy) is 4. The maximum Gasteiger partial charge on any atom is 0.303 e. The first-order chi connectivity index (χ1) is 12.8. The lowest BCUT2D eigenvalue weighted by molar-refractivity contribution is -0.186. The molecular weight excluding hydrogens is 376 g/mol. The fraction of sp³-hybridized carbons (Fsp3) is 0.471. The molecule has 0 N–H and O–H groups in total. The molecule has 0 aliphatic carbocycles. The van der Waals surface area contributed by atoms with Crippen LogP contribution in [-0.4, -0.2) is 52.4 Å². The van der Waals surface area contributed by atoms with Gasteiger partial charge in [0.2, 0.25) is 0 Å². The van der Waals surface area contributed by atoms with Gasteiger partial charge in [0.1, 0.15) is 6.07 Å². The first-order valence-corrected chi connectivity index (χ1v) is 9.01. The van der Waals surface area contributed by atoms with Gasteiger partial charge in [-0.25, -0.2) is 4.98 Å². The Kier molecular flexibility index (Phi) is 7.01. The second kappa shape index (κ2) is 9.23. The molecule has 1 aliphatic rings. The van der Waals surface area contributed by atoms with Crippen LogP contribution in [0.2, 0.25) is 0 Å². The number of nitriles is 1. The molecule has 0 aromatic carbocycles. The first-order valence-electron chi connectivity index (χ1n) is 7.97. The summed E-state index contributed by atoms with van der Waals surface area (Å²) in [6.45, 7) is 3.63. The topological polar surface area (TPSA) is 125 Å². The molecule has 2 heterocycles. The molecule has 0 radical (unpaired) electrons. The van der Waals surface area contributed by atoms with Gasteiger partial charge >= 0.3 is 17.9 Å². The van der Waals surface area contributed by atoms with Gasteiger partial charge < -0.3 is 18.9 Å². The maximum atomic E-state index is 11.6. The molecule has 9 nitrogen and oxygen atoms in total. The Balaban J connectivity index is 2.32. The van der Waals surface area contributed by atoms with Crippen LogP contribution in [0.25, 0.3) is 0 Å². The number of nitrogens with zero attached hydrogens (tertiary/aromatic N) is 2. The summed E-state index contributed by atoms with van der Waals surface area (Å²) in [6.07, 6.45) is -1.48. The van der Waals surface area contributed by atoms with E-state index in [1.165, 1.54) is 38.7 Å². The number of carbonyl (C=O) groups excluding carboxylic acids is 3. The summed E-state index contributed by atoms with van der Waals surface area (Å²) in [4.78, 5) is 38.4. The van der Waals surface area contributed by atoms with E-state index in [4.69, 9.17) is 24.2 Å². The van der Waals surface area contributed by atoms with E-state index in [1.807, 2.05) is 6.07 Å². The van der Waals surface area contributed by atoms with Crippen molar-refractivity contribution in [2.24, 2.45) is 0 Å². The van der Waals surface area contributed by atoms with Crippen LogP contribution >= 0.6 is 11.8 Å². The lowest BCUT2D eigenvalue weighted by atomic mass is 10.1. The van der Waals surface area contributed by atoms with Gasteiger partial charge in [0.05, 0.1) is 0 Å². The van der Waals surface area contributed by atoms with Gasteiger partial charge in [-0.2, -0.15) is 5.26 Å². The van der Waals surface area contributed by atoms with Crippen LogP contribution in [0.1, 0.15) is 26.5 Å². The van der Waals surface area contributed by atoms with Gasteiger partial charge in [0.25, 0.3) is 0 Å². The van der Waals surface area contributed by atoms with Gasteiger partial charge in [-0.15, -0.1) is 11.8 Å². The highest BCUT2D eigenvalue weighted by molar-refractivity contribution is 7.99. The van der Waals surface area contributed by atoms with E-state index in [1.54, 1.807) is 12.1 Å². The summed E-state index contributed by atoms with van der Waals surface area (Å²) in [5.41, 5.74) is -0.743. The van der Waals surface area contributed by atoms with Crippen LogP contribution in [0.15, 0.2) is 18.3 Å². The average molecular weight is 394 g/mol. The summed E-state index contributed by atoms with van der Waals surface area (Å²) < 4.78 is 21.6. The number of hydrogen-bond acceptors (Lipinski definition) is 10. The molecule has 2 rings (SSSR count). The minimum atomic E-state index is -1.05. The van der Waals surface area contributed by atoms with Crippen molar-refractivity contribution >= 4 is 29.7 Å². The third-order valence-electron chi connectivity index (χ3n) is 3.42. The second-order valence-electron chi connectivity index (χ2n) is 5.58. The molecule has 0 amide bonds. The predicted molar refractivity (Wildman–Crippen MR) is 92.5 cm³/mol. The van der Waals surface area contributed by atoms with Gasteiger partial charge in [-0.3, -0.25) is 14.4 Å². The van der Waals surface area contributed by atoms with Gasteiger partial charge in [-0.05, 0) is 12.1 Å². The fourth-order valence-electron chi connectivity index (χ4n) is 2.50. The molecule has 0 spiro atoms. The van der Waals surface area contributed by atoms with Crippen molar-refractivity contribution in [2.75, 3.05) is 5.75 Å². The monoisotopic (exact) mass is 394 g/mol. The Morgan fingerprint density at radius 1 is 1.11 bits per heavy atom. The van der Waals surface area contributed by atoms with Crippen molar-refractivity contribution in [1.29, 1.82) is 5.26 Å². The summed E-state index contributed by atoms with van der Waals surface area (Å²) >= 11 is 1.20. The number of esters is 3. The molecule has 10 heteroatoms. The van der Waals surface area contributed by atoms with E-state index in [0.717, 1.165) is 0 Å². The largest absolute Gasteiger partial charge is 0.473 e. The van der Waals surface area contributed by atoms with Crippen molar-refractivity contribution in [3.63, 3.8) is 0 Å². The third-order valence-corrected chi connectivity index (χ3v) is 4.64. The summed E-state index contributed by atoms with van der Waals surface area (Å²) in [6, 6.07) is 5.06. The van der Waals surface area contributed by atoms with E-state index in [-0.39, 0.29) is 17.2 Å². The zero-order chi connectivity index (χ0) is 20.0. The van der Waals surface area contributed by atoms with Crippen LogP contribution in [-0.2, 0) is 28.6 Å². The van der Waals surface area contributed by atoms with Crippen LogP contribution in [0, 0.1) is 11.3 Å². The maximum absolute atomic E-state index is 11.6. The van der Waals surface area contributed by atoms with Crippen molar-refractivity contribution < 1.29 is 33.3 Å². The third kappa shape index (κ3) is 5.59. The number of aromatic nitrogens is 1. The summed E-state index contributed by atoms with van der Waals surface area (Å²) in [5, 5.41) is 9.16. The second-order valence-corrected chi connectivity index (χ2v) is 6.71. The van der Waals surface area contributed by atoms with Crippen molar-refractivity contribution in [2.45, 2.75) is 44.5 Å². The molecule has 1 saturated heterocycles. The van der Waals surface area contributed by atoms with Gasteiger partial charge in [0, 0.05) is 32.7 Å². The molecule has 1 aromatic heterocycles. The van der Waals surface area contributed by atoms with E-state index in [2.05, 4.69) is 4.98 Å². The SMILES string of the molecule is CC(=O)O[C@@H]1[C@@H](OC(C)=O)[C@@H](Oc2cccnc2C#N)SC[C@H]1OC(C)=O. The number of hydrogen-bond donors (Lipinski definition) is 0. The molecule has 1 aliphatic heterocycles. The van der Waals surface area contributed by atoms with Crippen molar-refractivity contribution in [1.82, 2.24) is 4.98 Å². The Morgan fingerprint density at radius 3 is 2.33 bits per heavy atom. The van der Waals surface area contributed by atoms with Crippen LogP contribution in [0.4, 0.5) is 0 Å². The van der Waals surface area contributed by atoms with E-state index >= 15 is 0 Å². The normalized spacial score (nSPS) is 24.2. The Labute approximate surface area is 159 Å². The van der Waals surface area contributed by atoms with E-state index in [9.17, 15) is 14.4 Å². The number of carbonyl (C=O) groups is 3. The number of pyridine rings is 1. The first kappa shape index (κ1) is 20.5. The van der Waals surface area contributed by atoms with E-state index < -0.39 is 41.7 Å². The Bertz CT molecular complexity index is 764. The predicted octanol–water partition coefficient (Wildman–Crippen LogP) is 1.20. The quantitative estimate of drug-likeness (QED) is 0.531. The smallest absolute Gasteiger partial charge is 0.303 e. The molecule has 27 heavy (non-hydrogen) atoms. The van der Waals surface area contributed by atoms with Gasteiger partial charge in [-0.1, -0.05) is 0 Å². The molecule has 4 atom stereocenters. The van der Waals surface area contributed by atoms with Crippen molar-refractivity contribution in [3.05, 3.63) is 24.0 Å². The highest BCUT2D eigenvalue weighted by Crippen LogP contribution is 2.34. The Hall–Kier alpha value is -2.80. The lowest BCUT2D eigenvalue weighted by Crippen LogP contribution is -2.55. The molecule has 0 saturated carbocycles. The summed E-state index contributed by atoms with van der Waals surface area (Å²) in [5.74, 6) is -1.37. The van der Waals surface area contributed by atoms with E-state index in [0.29, 0.717) is 0 Å². The summed E-state index contributed by atoms with van der Waals surface area (Å²) in [7, 11) is 0. The molecule has 144 valence electrons. The zero-order valence-electron chi connectivity index (χ0n) is 14.9. The highest BCUT2D eigenvalue weighted by Gasteiger charge is 2.47. The fourth-order valence-corrected chi connectivity index (χ4v) is 3.71. The standard InChI is InChI=1S/C17H18N2O7S/c1-9(20)23-14-8-27-17(26-13-5-4-6-19-12(13)7-18)16(25-11(3)22)15(14)24-10(2)21/h4-6,14-17H,8H2,1-3H3/t14-,15+,16-,17+/m1/s1. The van der Waals surface area contributed by atoms with Gasteiger partial charge in [0.15, 0.2) is 35.2 Å². The van der Waals surface area contributed by atoms with Crippen LogP contribution in [0.3, 0.4) is 0 Å². The minimum Gasteiger partial charge on any atom is -0.473 e. The average Bonchev–Trinajstić information content (AvgIpc) is 2.59. The minimum absolute atomic E-state index is 0.0609. The van der Waals surface area contributed by atoms with Crippen LogP contribution < -0.4 is 4.74 Å². The molecule has 0 unspecified atom stereocenters. The molecule has 0 bridgehead atoms. The zero-order valence-corrected chi connectivity index (χ0v) is 15.7. The molecule has 1 fully saturated rings.